The Balaban J connectivity index is 1.96. The number of nitrogens with zero attached hydrogens (tertiary/aromatic N) is 2. The van der Waals surface area contributed by atoms with Crippen LogP contribution in [0, 0.1) is 23.2 Å². The summed E-state index contributed by atoms with van der Waals surface area (Å²) in [5, 5.41) is 10.2. The van der Waals surface area contributed by atoms with Gasteiger partial charge in [0.25, 0.3) is 0 Å². The topological polar surface area (TPSA) is 28.7 Å². The number of hydrogen-bond acceptors (Lipinski definition) is 1. The average Bonchev–Trinajstić information content (AvgIpc) is 2.99. The molecule has 2 heteroatoms. The van der Waals surface area contributed by atoms with Gasteiger partial charge in [0, 0.05) is 23.5 Å². The first-order valence-corrected chi connectivity index (χ1v) is 8.43. The molecule has 26 heavy (non-hydrogen) atoms. The summed E-state index contributed by atoms with van der Waals surface area (Å²) in [4.78, 5) is 0. The van der Waals surface area contributed by atoms with E-state index in [0.717, 1.165) is 33.3 Å². The minimum atomic E-state index is 0.657. The fourth-order valence-corrected chi connectivity index (χ4v) is 3.22. The van der Waals surface area contributed by atoms with Gasteiger partial charge in [-0.2, -0.15) is 5.26 Å². The van der Waals surface area contributed by atoms with Gasteiger partial charge < -0.3 is 4.57 Å². The number of benzene rings is 3. The molecule has 1 heterocycles. The summed E-state index contributed by atoms with van der Waals surface area (Å²) in [7, 11) is 2.06. The molecule has 0 saturated carbocycles. The summed E-state index contributed by atoms with van der Waals surface area (Å²) >= 11 is 0. The van der Waals surface area contributed by atoms with Crippen LogP contribution < -0.4 is 0 Å². The first-order chi connectivity index (χ1) is 12.8. The van der Waals surface area contributed by atoms with Gasteiger partial charge in [0.2, 0.25) is 0 Å². The molecule has 0 radical (unpaired) electrons. The molecular weight excluding hydrogens is 316 g/mol. The van der Waals surface area contributed by atoms with E-state index in [0.29, 0.717) is 5.56 Å². The van der Waals surface area contributed by atoms with Crippen LogP contribution in [-0.2, 0) is 7.05 Å². The second kappa shape index (κ2) is 6.63. The maximum absolute atomic E-state index is 9.06. The third-order valence-corrected chi connectivity index (χ3v) is 4.50. The Morgan fingerprint density at radius 1 is 0.731 bits per heavy atom. The first-order valence-electron chi connectivity index (χ1n) is 8.43. The minimum Gasteiger partial charge on any atom is -0.343 e. The van der Waals surface area contributed by atoms with Gasteiger partial charge in [-0.05, 0) is 35.9 Å². The van der Waals surface area contributed by atoms with Crippen LogP contribution in [0.4, 0.5) is 0 Å². The highest BCUT2D eigenvalue weighted by molar-refractivity contribution is 5.95. The maximum Gasteiger partial charge on any atom is 0.0991 e. The van der Waals surface area contributed by atoms with E-state index in [9.17, 15) is 0 Å². The molecule has 0 bridgehead atoms. The normalized spacial score (nSPS) is 10.2. The molecule has 0 fully saturated rings. The third-order valence-electron chi connectivity index (χ3n) is 4.50. The zero-order valence-corrected chi connectivity index (χ0v) is 14.4. The second-order valence-corrected chi connectivity index (χ2v) is 6.10. The van der Waals surface area contributed by atoms with Gasteiger partial charge in [-0.1, -0.05) is 60.4 Å². The standard InChI is InChI=1S/C24H16N2/c1-26-23-10-6-5-9-21(23)22(16-13-18-7-3-2-4-8-18)24(26)20-14-11-19(17-25)12-15-20/h2-12,14-15H,1H3. The van der Waals surface area contributed by atoms with Crippen LogP contribution in [0.25, 0.3) is 22.2 Å². The van der Waals surface area contributed by atoms with Crippen molar-refractivity contribution in [1.82, 2.24) is 4.57 Å². The quantitative estimate of drug-likeness (QED) is 0.445. The molecule has 0 N–H and O–H groups in total. The zero-order valence-electron chi connectivity index (χ0n) is 14.4. The monoisotopic (exact) mass is 332 g/mol. The number of nitriles is 1. The lowest BCUT2D eigenvalue weighted by Gasteiger charge is -2.05. The molecule has 0 aliphatic rings. The summed E-state index contributed by atoms with van der Waals surface area (Å²) in [5.74, 6) is 6.67. The minimum absolute atomic E-state index is 0.657. The Morgan fingerprint density at radius 3 is 2.15 bits per heavy atom. The smallest absolute Gasteiger partial charge is 0.0991 e. The van der Waals surface area contributed by atoms with Gasteiger partial charge in [0.05, 0.1) is 22.9 Å². The fourth-order valence-electron chi connectivity index (χ4n) is 3.22. The summed E-state index contributed by atoms with van der Waals surface area (Å²) in [6.07, 6.45) is 0. The van der Waals surface area contributed by atoms with Crippen molar-refractivity contribution in [3.8, 4) is 29.2 Å². The number of para-hydroxylation sites is 1. The van der Waals surface area contributed by atoms with Gasteiger partial charge >= 0.3 is 0 Å². The fraction of sp³-hybridized carbons (Fsp3) is 0.0417. The molecule has 0 spiro atoms. The van der Waals surface area contributed by atoms with Crippen LogP contribution in [-0.4, -0.2) is 4.57 Å². The van der Waals surface area contributed by atoms with Gasteiger partial charge in [0.1, 0.15) is 0 Å². The Morgan fingerprint density at radius 2 is 1.42 bits per heavy atom. The molecule has 0 unspecified atom stereocenters. The number of fused-ring (bicyclic) bond motifs is 1. The molecule has 0 saturated heterocycles. The highest BCUT2D eigenvalue weighted by Gasteiger charge is 2.15. The highest BCUT2D eigenvalue weighted by Crippen LogP contribution is 2.32. The summed E-state index contributed by atoms with van der Waals surface area (Å²) < 4.78 is 2.17. The number of aromatic nitrogens is 1. The van der Waals surface area contributed by atoms with E-state index in [-0.39, 0.29) is 0 Å². The van der Waals surface area contributed by atoms with E-state index in [1.807, 2.05) is 66.7 Å². The van der Waals surface area contributed by atoms with Crippen LogP contribution >= 0.6 is 0 Å². The van der Waals surface area contributed by atoms with E-state index in [1.165, 1.54) is 0 Å². The average molecular weight is 332 g/mol. The van der Waals surface area contributed by atoms with Gasteiger partial charge in [-0.3, -0.25) is 0 Å². The molecule has 2 nitrogen and oxygen atoms in total. The third kappa shape index (κ3) is 2.75. The van der Waals surface area contributed by atoms with Crippen molar-refractivity contribution in [2.45, 2.75) is 0 Å². The molecule has 0 amide bonds. The second-order valence-electron chi connectivity index (χ2n) is 6.10. The van der Waals surface area contributed by atoms with Crippen molar-refractivity contribution in [2.24, 2.45) is 7.05 Å². The van der Waals surface area contributed by atoms with Crippen molar-refractivity contribution in [1.29, 1.82) is 5.26 Å². The van der Waals surface area contributed by atoms with Crippen molar-refractivity contribution >= 4 is 10.9 Å². The Bertz CT molecular complexity index is 1180. The lowest BCUT2D eigenvalue weighted by atomic mass is 10.0. The Labute approximate surface area is 152 Å². The summed E-state index contributed by atoms with van der Waals surface area (Å²) in [6, 6.07) is 28.1. The SMILES string of the molecule is Cn1c(-c2ccc(C#N)cc2)c(C#Cc2ccccc2)c2ccccc21. The van der Waals surface area contributed by atoms with Crippen molar-refractivity contribution in [2.75, 3.05) is 0 Å². The molecule has 0 aliphatic carbocycles. The maximum atomic E-state index is 9.06. The molecule has 122 valence electrons. The molecule has 1 aromatic heterocycles. The first kappa shape index (κ1) is 15.8. The van der Waals surface area contributed by atoms with Gasteiger partial charge in [-0.25, -0.2) is 0 Å². The van der Waals surface area contributed by atoms with Crippen LogP contribution in [0.2, 0.25) is 0 Å². The number of rotatable bonds is 1. The zero-order chi connectivity index (χ0) is 17.9. The Kier molecular flexibility index (Phi) is 4.02. The van der Waals surface area contributed by atoms with Crippen molar-refractivity contribution in [3.05, 3.63) is 95.6 Å². The lowest BCUT2D eigenvalue weighted by molar-refractivity contribution is 0.977. The van der Waals surface area contributed by atoms with E-state index < -0.39 is 0 Å². The van der Waals surface area contributed by atoms with Crippen LogP contribution in [0.15, 0.2) is 78.9 Å². The van der Waals surface area contributed by atoms with Crippen LogP contribution in [0.3, 0.4) is 0 Å². The van der Waals surface area contributed by atoms with Gasteiger partial charge in [-0.15, -0.1) is 0 Å². The largest absolute Gasteiger partial charge is 0.343 e. The van der Waals surface area contributed by atoms with E-state index in [2.05, 4.69) is 41.7 Å². The predicted molar refractivity (Wildman–Crippen MR) is 105 cm³/mol. The number of hydrogen-bond donors (Lipinski definition) is 0. The van der Waals surface area contributed by atoms with E-state index >= 15 is 0 Å². The van der Waals surface area contributed by atoms with Crippen LogP contribution in [0.5, 0.6) is 0 Å². The molecule has 0 aliphatic heterocycles. The molecule has 3 aromatic carbocycles. The molecule has 4 aromatic rings. The summed E-state index contributed by atoms with van der Waals surface area (Å²) in [6.45, 7) is 0. The highest BCUT2D eigenvalue weighted by atomic mass is 14.9. The van der Waals surface area contributed by atoms with E-state index in [4.69, 9.17) is 5.26 Å². The summed E-state index contributed by atoms with van der Waals surface area (Å²) in [5.41, 5.74) is 5.93. The predicted octanol–water partition coefficient (Wildman–Crippen LogP) is 5.12. The van der Waals surface area contributed by atoms with Crippen LogP contribution in [0.1, 0.15) is 16.7 Å². The van der Waals surface area contributed by atoms with Gasteiger partial charge in [0.15, 0.2) is 0 Å². The Hall–Kier alpha value is -3.75. The molecular formula is C24H16N2. The van der Waals surface area contributed by atoms with E-state index in [1.54, 1.807) is 0 Å². The number of aryl methyl sites for hydroxylation is 1. The molecule has 4 rings (SSSR count). The molecule has 0 atom stereocenters. The van der Waals surface area contributed by atoms with Crippen molar-refractivity contribution < 1.29 is 0 Å². The van der Waals surface area contributed by atoms with Crippen molar-refractivity contribution in [3.63, 3.8) is 0 Å². The lowest BCUT2D eigenvalue weighted by Crippen LogP contribution is -1.93.